The van der Waals surface area contributed by atoms with Crippen LogP contribution in [0, 0.1) is 0 Å². The van der Waals surface area contributed by atoms with Crippen molar-refractivity contribution >= 4 is 11.7 Å². The Morgan fingerprint density at radius 1 is 1.24 bits per heavy atom. The summed E-state index contributed by atoms with van der Waals surface area (Å²) in [6.45, 7) is 7.73. The van der Waals surface area contributed by atoms with Gasteiger partial charge in [0.2, 0.25) is 5.95 Å². The van der Waals surface area contributed by atoms with Gasteiger partial charge in [-0.3, -0.25) is 4.79 Å². The number of rotatable bonds is 1. The number of hydrogen-bond donors (Lipinski definition) is 0. The van der Waals surface area contributed by atoms with Crippen LogP contribution in [0.3, 0.4) is 0 Å². The van der Waals surface area contributed by atoms with E-state index in [9.17, 15) is 4.79 Å². The molecular formula is C13H19N3O. The molecule has 0 amide bonds. The van der Waals surface area contributed by atoms with Gasteiger partial charge in [-0.15, -0.1) is 0 Å². The summed E-state index contributed by atoms with van der Waals surface area (Å²) in [5, 5.41) is 0. The van der Waals surface area contributed by atoms with E-state index in [0.29, 0.717) is 18.9 Å². The average Bonchev–Trinajstić information content (AvgIpc) is 2.28. The summed E-state index contributed by atoms with van der Waals surface area (Å²) in [6.07, 6.45) is 5.32. The van der Waals surface area contributed by atoms with E-state index in [4.69, 9.17) is 0 Å². The third-order valence-corrected chi connectivity index (χ3v) is 3.04. The van der Waals surface area contributed by atoms with Gasteiger partial charge < -0.3 is 4.90 Å². The Bertz CT molecular complexity index is 406. The van der Waals surface area contributed by atoms with Gasteiger partial charge in [-0.05, 0) is 17.4 Å². The summed E-state index contributed by atoms with van der Waals surface area (Å²) in [5.74, 6) is 0.950. The molecule has 4 nitrogen and oxygen atoms in total. The SMILES string of the molecule is CC(C)(C)c1cnc(N2CCCC(=O)C2)nc1. The summed E-state index contributed by atoms with van der Waals surface area (Å²) in [4.78, 5) is 22.1. The molecule has 0 unspecified atom stereocenters. The molecule has 2 heterocycles. The highest BCUT2D eigenvalue weighted by Crippen LogP contribution is 2.22. The van der Waals surface area contributed by atoms with Crippen LogP contribution in [0.1, 0.15) is 39.2 Å². The molecule has 1 aliphatic heterocycles. The molecule has 0 N–H and O–H groups in total. The maximum absolute atomic E-state index is 11.4. The maximum atomic E-state index is 11.4. The van der Waals surface area contributed by atoms with Crippen molar-refractivity contribution in [1.82, 2.24) is 9.97 Å². The molecule has 0 bridgehead atoms. The highest BCUT2D eigenvalue weighted by molar-refractivity contribution is 5.84. The molecule has 1 aromatic heterocycles. The summed E-state index contributed by atoms with van der Waals surface area (Å²) >= 11 is 0. The highest BCUT2D eigenvalue weighted by Gasteiger charge is 2.20. The number of anilines is 1. The molecular weight excluding hydrogens is 214 g/mol. The lowest BCUT2D eigenvalue weighted by Gasteiger charge is -2.26. The van der Waals surface area contributed by atoms with Gasteiger partial charge in [-0.1, -0.05) is 20.8 Å². The second-order valence-corrected chi connectivity index (χ2v) is 5.59. The fraction of sp³-hybridized carbons (Fsp3) is 0.615. The number of Topliss-reactive ketones (excluding diaryl/α,β-unsaturated/α-hetero) is 1. The Kier molecular flexibility index (Phi) is 3.13. The Morgan fingerprint density at radius 3 is 2.41 bits per heavy atom. The summed E-state index contributed by atoms with van der Waals surface area (Å²) in [7, 11) is 0. The Labute approximate surface area is 102 Å². The van der Waals surface area contributed by atoms with E-state index in [-0.39, 0.29) is 11.2 Å². The molecule has 0 radical (unpaired) electrons. The zero-order chi connectivity index (χ0) is 12.5. The van der Waals surface area contributed by atoms with Crippen molar-refractivity contribution in [3.8, 4) is 0 Å². The van der Waals surface area contributed by atoms with Crippen molar-refractivity contribution in [3.05, 3.63) is 18.0 Å². The van der Waals surface area contributed by atoms with Gasteiger partial charge in [0.25, 0.3) is 0 Å². The first-order valence-corrected chi connectivity index (χ1v) is 6.06. The molecule has 2 rings (SSSR count). The van der Waals surface area contributed by atoms with Crippen LogP contribution >= 0.6 is 0 Å². The number of carbonyl (C=O) groups excluding carboxylic acids is 1. The number of nitrogens with zero attached hydrogens (tertiary/aromatic N) is 3. The minimum atomic E-state index is 0.0657. The minimum absolute atomic E-state index is 0.0657. The lowest BCUT2D eigenvalue weighted by atomic mass is 9.89. The first-order chi connectivity index (χ1) is 7.97. The van der Waals surface area contributed by atoms with Crippen LogP contribution in [0.4, 0.5) is 5.95 Å². The van der Waals surface area contributed by atoms with E-state index >= 15 is 0 Å². The van der Waals surface area contributed by atoms with Gasteiger partial charge in [0.1, 0.15) is 0 Å². The summed E-state index contributed by atoms with van der Waals surface area (Å²) in [6, 6.07) is 0. The standard InChI is InChI=1S/C13H19N3O/c1-13(2,3)10-7-14-12(15-8-10)16-6-4-5-11(17)9-16/h7-8H,4-6,9H2,1-3H3. The van der Waals surface area contributed by atoms with E-state index < -0.39 is 0 Å². The van der Waals surface area contributed by atoms with Gasteiger partial charge in [-0.25, -0.2) is 9.97 Å². The predicted molar refractivity (Wildman–Crippen MR) is 67.2 cm³/mol. The van der Waals surface area contributed by atoms with Crippen LogP contribution in [-0.4, -0.2) is 28.8 Å². The molecule has 0 aliphatic carbocycles. The fourth-order valence-corrected chi connectivity index (χ4v) is 1.88. The Morgan fingerprint density at radius 2 is 1.88 bits per heavy atom. The molecule has 17 heavy (non-hydrogen) atoms. The van der Waals surface area contributed by atoms with E-state index in [1.165, 1.54) is 0 Å². The topological polar surface area (TPSA) is 46.1 Å². The zero-order valence-electron chi connectivity index (χ0n) is 10.7. The molecule has 4 heteroatoms. The lowest BCUT2D eigenvalue weighted by molar-refractivity contribution is -0.118. The lowest BCUT2D eigenvalue weighted by Crippen LogP contribution is -2.36. The van der Waals surface area contributed by atoms with Crippen LogP contribution in [0.2, 0.25) is 0 Å². The third kappa shape index (κ3) is 2.81. The van der Waals surface area contributed by atoms with Crippen LogP contribution < -0.4 is 4.90 Å². The van der Waals surface area contributed by atoms with Crippen molar-refractivity contribution < 1.29 is 4.79 Å². The number of piperidine rings is 1. The second-order valence-electron chi connectivity index (χ2n) is 5.59. The van der Waals surface area contributed by atoms with E-state index in [1.807, 2.05) is 17.3 Å². The van der Waals surface area contributed by atoms with Gasteiger partial charge in [0.05, 0.1) is 6.54 Å². The molecule has 0 aromatic carbocycles. The summed E-state index contributed by atoms with van der Waals surface area (Å²) < 4.78 is 0. The summed E-state index contributed by atoms with van der Waals surface area (Å²) in [5.41, 5.74) is 1.18. The molecule has 0 spiro atoms. The number of aromatic nitrogens is 2. The number of ketones is 1. The molecule has 1 fully saturated rings. The Hall–Kier alpha value is -1.45. The van der Waals surface area contributed by atoms with Crippen LogP contribution in [0.25, 0.3) is 0 Å². The smallest absolute Gasteiger partial charge is 0.225 e. The van der Waals surface area contributed by atoms with E-state index in [2.05, 4.69) is 30.7 Å². The molecule has 1 aliphatic rings. The van der Waals surface area contributed by atoms with Gasteiger partial charge >= 0.3 is 0 Å². The maximum Gasteiger partial charge on any atom is 0.225 e. The molecule has 0 atom stereocenters. The van der Waals surface area contributed by atoms with Crippen LogP contribution in [0.15, 0.2) is 12.4 Å². The van der Waals surface area contributed by atoms with Crippen molar-refractivity contribution in [1.29, 1.82) is 0 Å². The molecule has 1 saturated heterocycles. The van der Waals surface area contributed by atoms with Gasteiger partial charge in [0, 0.05) is 25.4 Å². The predicted octanol–water partition coefficient (Wildman–Crippen LogP) is 1.94. The second kappa shape index (κ2) is 4.43. The molecule has 92 valence electrons. The Balaban J connectivity index is 2.15. The largest absolute Gasteiger partial charge is 0.333 e. The van der Waals surface area contributed by atoms with Crippen molar-refractivity contribution in [2.75, 3.05) is 18.0 Å². The van der Waals surface area contributed by atoms with E-state index in [1.54, 1.807) is 0 Å². The molecule has 0 saturated carbocycles. The van der Waals surface area contributed by atoms with Crippen molar-refractivity contribution in [2.45, 2.75) is 39.0 Å². The average molecular weight is 233 g/mol. The third-order valence-electron chi connectivity index (χ3n) is 3.04. The normalized spacial score (nSPS) is 17.4. The highest BCUT2D eigenvalue weighted by atomic mass is 16.1. The first kappa shape index (κ1) is 12.0. The zero-order valence-corrected chi connectivity index (χ0v) is 10.7. The van der Waals surface area contributed by atoms with Crippen molar-refractivity contribution in [2.24, 2.45) is 0 Å². The van der Waals surface area contributed by atoms with Crippen LogP contribution in [0.5, 0.6) is 0 Å². The quantitative estimate of drug-likeness (QED) is 0.743. The molecule has 1 aromatic rings. The first-order valence-electron chi connectivity index (χ1n) is 6.06. The minimum Gasteiger partial charge on any atom is -0.333 e. The number of hydrogen-bond acceptors (Lipinski definition) is 4. The van der Waals surface area contributed by atoms with Gasteiger partial charge in [0.15, 0.2) is 5.78 Å². The van der Waals surface area contributed by atoms with Crippen molar-refractivity contribution in [3.63, 3.8) is 0 Å². The monoisotopic (exact) mass is 233 g/mol. The van der Waals surface area contributed by atoms with Gasteiger partial charge in [-0.2, -0.15) is 0 Å². The van der Waals surface area contributed by atoms with Crippen LogP contribution in [-0.2, 0) is 10.2 Å². The number of carbonyl (C=O) groups is 1. The van der Waals surface area contributed by atoms with E-state index in [0.717, 1.165) is 18.5 Å². The fourth-order valence-electron chi connectivity index (χ4n) is 1.88.